The molecule has 1 heterocycles. The minimum absolute atomic E-state index is 0.0951. The second-order valence-corrected chi connectivity index (χ2v) is 4.68. The van der Waals surface area contributed by atoms with E-state index in [-0.39, 0.29) is 11.9 Å². The maximum atomic E-state index is 12.0. The first-order valence-electron chi connectivity index (χ1n) is 6.41. The van der Waals surface area contributed by atoms with E-state index in [4.69, 9.17) is 0 Å². The third-order valence-electron chi connectivity index (χ3n) is 3.40. The predicted molar refractivity (Wildman–Crippen MR) is 70.7 cm³/mol. The fraction of sp³-hybridized carbons (Fsp3) is 0.400. The van der Waals surface area contributed by atoms with Gasteiger partial charge in [-0.05, 0) is 24.5 Å². The highest BCUT2D eigenvalue weighted by Gasteiger charge is 2.34. The number of amides is 1. The van der Waals surface area contributed by atoms with Crippen LogP contribution in [0.2, 0.25) is 0 Å². The minimum Gasteiger partial charge on any atom is -0.369 e. The van der Waals surface area contributed by atoms with Crippen molar-refractivity contribution in [3.05, 3.63) is 47.5 Å². The summed E-state index contributed by atoms with van der Waals surface area (Å²) >= 11 is 0. The first-order valence-corrected chi connectivity index (χ1v) is 6.41. The summed E-state index contributed by atoms with van der Waals surface area (Å²) in [6.07, 6.45) is 2.51. The van der Waals surface area contributed by atoms with Crippen molar-refractivity contribution in [2.75, 3.05) is 0 Å². The largest absolute Gasteiger partial charge is 0.369 e. The van der Waals surface area contributed by atoms with E-state index in [9.17, 15) is 9.90 Å². The number of rotatable bonds is 4. The van der Waals surface area contributed by atoms with Crippen molar-refractivity contribution in [2.45, 2.75) is 39.0 Å². The van der Waals surface area contributed by atoms with Crippen LogP contribution in [0.4, 0.5) is 0 Å². The Morgan fingerprint density at radius 2 is 2.00 bits per heavy atom. The fourth-order valence-corrected chi connectivity index (χ4v) is 2.39. The summed E-state index contributed by atoms with van der Waals surface area (Å²) in [5.74, 6) is -0.0951. The molecule has 1 aliphatic heterocycles. The highest BCUT2D eigenvalue weighted by Crippen LogP contribution is 2.30. The second-order valence-electron chi connectivity index (χ2n) is 4.68. The normalized spacial score (nSPS) is 21.1. The molecule has 96 valence electrons. The molecule has 0 saturated heterocycles. The zero-order chi connectivity index (χ0) is 13.1. The third-order valence-corrected chi connectivity index (χ3v) is 3.40. The van der Waals surface area contributed by atoms with Crippen molar-refractivity contribution in [3.63, 3.8) is 0 Å². The Labute approximate surface area is 108 Å². The van der Waals surface area contributed by atoms with Gasteiger partial charge in [0.05, 0.1) is 6.04 Å². The van der Waals surface area contributed by atoms with Crippen LogP contribution in [-0.2, 0) is 4.79 Å². The monoisotopic (exact) mass is 245 g/mol. The van der Waals surface area contributed by atoms with Crippen LogP contribution in [0, 0.1) is 0 Å². The van der Waals surface area contributed by atoms with Gasteiger partial charge in [-0.1, -0.05) is 43.7 Å². The standard InChI is InChI=1S/C15H19NO2/c1-3-7-13-10-14(17)16(15(13)18)11(2)12-8-5-4-6-9-12/h4-6,8-11,15,18H,3,7H2,1-2H3/t11-,15-/m0/s1. The van der Waals surface area contributed by atoms with Crippen LogP contribution in [0.25, 0.3) is 0 Å². The lowest BCUT2D eigenvalue weighted by Gasteiger charge is -2.29. The van der Waals surface area contributed by atoms with Gasteiger partial charge in [-0.3, -0.25) is 4.79 Å². The predicted octanol–water partition coefficient (Wildman–Crippen LogP) is 2.63. The molecule has 0 radical (unpaired) electrons. The van der Waals surface area contributed by atoms with E-state index in [2.05, 4.69) is 0 Å². The van der Waals surface area contributed by atoms with E-state index >= 15 is 0 Å². The van der Waals surface area contributed by atoms with Gasteiger partial charge < -0.3 is 10.0 Å². The Morgan fingerprint density at radius 3 is 2.61 bits per heavy atom. The van der Waals surface area contributed by atoms with Crippen LogP contribution in [0.15, 0.2) is 42.0 Å². The van der Waals surface area contributed by atoms with Gasteiger partial charge in [0, 0.05) is 6.08 Å². The highest BCUT2D eigenvalue weighted by molar-refractivity contribution is 5.92. The van der Waals surface area contributed by atoms with Crippen LogP contribution < -0.4 is 0 Å². The zero-order valence-corrected chi connectivity index (χ0v) is 10.8. The van der Waals surface area contributed by atoms with Crippen LogP contribution in [0.3, 0.4) is 0 Å². The molecule has 0 spiro atoms. The van der Waals surface area contributed by atoms with Crippen LogP contribution >= 0.6 is 0 Å². The smallest absolute Gasteiger partial charge is 0.249 e. The Balaban J connectivity index is 2.18. The lowest BCUT2D eigenvalue weighted by Crippen LogP contribution is -2.37. The molecule has 1 amide bonds. The SMILES string of the molecule is CCCC1=CC(=O)N([C@@H](C)c2ccccc2)[C@H]1O. The van der Waals surface area contributed by atoms with Gasteiger partial charge in [0.1, 0.15) is 0 Å². The molecule has 18 heavy (non-hydrogen) atoms. The molecule has 0 fully saturated rings. The minimum atomic E-state index is -0.771. The molecule has 1 aromatic rings. The fourth-order valence-electron chi connectivity index (χ4n) is 2.39. The zero-order valence-electron chi connectivity index (χ0n) is 10.8. The van der Waals surface area contributed by atoms with Gasteiger partial charge in [0.2, 0.25) is 5.91 Å². The summed E-state index contributed by atoms with van der Waals surface area (Å²) in [6, 6.07) is 9.67. The van der Waals surface area contributed by atoms with Crippen molar-refractivity contribution in [2.24, 2.45) is 0 Å². The van der Waals surface area contributed by atoms with Gasteiger partial charge in [-0.15, -0.1) is 0 Å². The molecule has 0 unspecified atom stereocenters. The third kappa shape index (κ3) is 2.31. The average molecular weight is 245 g/mol. The molecule has 3 nitrogen and oxygen atoms in total. The lowest BCUT2D eigenvalue weighted by atomic mass is 10.1. The first-order chi connectivity index (χ1) is 8.65. The van der Waals surface area contributed by atoms with E-state index in [1.54, 1.807) is 11.0 Å². The number of carbonyl (C=O) groups is 1. The Kier molecular flexibility index (Phi) is 3.82. The molecule has 1 aromatic carbocycles. The molecule has 0 aliphatic carbocycles. The maximum absolute atomic E-state index is 12.0. The van der Waals surface area contributed by atoms with Gasteiger partial charge >= 0.3 is 0 Å². The van der Waals surface area contributed by atoms with Crippen molar-refractivity contribution >= 4 is 5.91 Å². The molecule has 3 heteroatoms. The molecule has 2 rings (SSSR count). The van der Waals surface area contributed by atoms with Crippen LogP contribution in [0.5, 0.6) is 0 Å². The number of aliphatic hydroxyl groups excluding tert-OH is 1. The average Bonchev–Trinajstić information content (AvgIpc) is 2.65. The van der Waals surface area contributed by atoms with E-state index < -0.39 is 6.23 Å². The number of aliphatic hydroxyl groups is 1. The first kappa shape index (κ1) is 12.8. The van der Waals surface area contributed by atoms with Crippen molar-refractivity contribution in [1.82, 2.24) is 4.90 Å². The summed E-state index contributed by atoms with van der Waals surface area (Å²) in [4.78, 5) is 13.5. The summed E-state index contributed by atoms with van der Waals surface area (Å²) in [5, 5.41) is 10.2. The Bertz CT molecular complexity index is 453. The number of nitrogens with zero attached hydrogens (tertiary/aromatic N) is 1. The molecule has 2 atom stereocenters. The van der Waals surface area contributed by atoms with Gasteiger partial charge in [0.25, 0.3) is 0 Å². The highest BCUT2D eigenvalue weighted by atomic mass is 16.3. The molecule has 0 aromatic heterocycles. The molecule has 1 N–H and O–H groups in total. The van der Waals surface area contributed by atoms with E-state index in [1.165, 1.54) is 0 Å². The van der Waals surface area contributed by atoms with Gasteiger partial charge in [0.15, 0.2) is 6.23 Å². The maximum Gasteiger partial charge on any atom is 0.249 e. The van der Waals surface area contributed by atoms with Crippen LogP contribution in [-0.4, -0.2) is 22.1 Å². The Morgan fingerprint density at radius 1 is 1.33 bits per heavy atom. The molecular formula is C15H19NO2. The van der Waals surface area contributed by atoms with E-state index in [1.807, 2.05) is 44.2 Å². The second kappa shape index (κ2) is 5.36. The molecule has 1 aliphatic rings. The Hall–Kier alpha value is -1.61. The summed E-state index contributed by atoms with van der Waals surface area (Å²) < 4.78 is 0. The summed E-state index contributed by atoms with van der Waals surface area (Å²) in [5.41, 5.74) is 1.86. The quantitative estimate of drug-likeness (QED) is 0.886. The number of benzene rings is 1. The molecule has 0 saturated carbocycles. The molecular weight excluding hydrogens is 226 g/mol. The molecule has 0 bridgehead atoms. The van der Waals surface area contributed by atoms with Crippen molar-refractivity contribution in [1.29, 1.82) is 0 Å². The summed E-state index contributed by atoms with van der Waals surface area (Å²) in [7, 11) is 0. The van der Waals surface area contributed by atoms with Gasteiger partial charge in [-0.25, -0.2) is 0 Å². The number of hydrogen-bond donors (Lipinski definition) is 1. The summed E-state index contributed by atoms with van der Waals surface area (Å²) in [6.45, 7) is 3.99. The van der Waals surface area contributed by atoms with Crippen molar-refractivity contribution < 1.29 is 9.90 Å². The topological polar surface area (TPSA) is 40.5 Å². The van der Waals surface area contributed by atoms with Crippen LogP contribution in [0.1, 0.15) is 38.3 Å². The number of hydrogen-bond acceptors (Lipinski definition) is 2. The van der Waals surface area contributed by atoms with Gasteiger partial charge in [-0.2, -0.15) is 0 Å². The number of carbonyl (C=O) groups excluding carboxylic acids is 1. The lowest BCUT2D eigenvalue weighted by molar-refractivity contribution is -0.134. The van der Waals surface area contributed by atoms with E-state index in [0.29, 0.717) is 0 Å². The van der Waals surface area contributed by atoms with E-state index in [0.717, 1.165) is 24.0 Å². The van der Waals surface area contributed by atoms with Crippen molar-refractivity contribution in [3.8, 4) is 0 Å².